The fourth-order valence-corrected chi connectivity index (χ4v) is 3.63. The molecule has 13 heteroatoms. The van der Waals surface area contributed by atoms with Crippen LogP contribution in [0.25, 0.3) is 22.8 Å². The summed E-state index contributed by atoms with van der Waals surface area (Å²) in [4.78, 5) is 44.0. The first-order valence-electron chi connectivity index (χ1n) is 12.4. The van der Waals surface area contributed by atoms with E-state index in [1.54, 1.807) is 57.2 Å². The van der Waals surface area contributed by atoms with Gasteiger partial charge in [0.2, 0.25) is 5.82 Å². The lowest BCUT2D eigenvalue weighted by Crippen LogP contribution is -2.44. The summed E-state index contributed by atoms with van der Waals surface area (Å²) >= 11 is 0. The van der Waals surface area contributed by atoms with E-state index in [0.717, 1.165) is 6.07 Å². The standard InChI is InChI=1S/C28H27FN6O6/c1-28(2,3)40-27(39)32-18-7-5-17(6-8-18)24-34-23(35-41-24)20-9-4-16(14-21(20)29)15-22(25(36)37)33-26(38)31-19-10-12-30-13-11-19/h4-14,22H,15H2,1-3H3,(H,32,39)(H,36,37)(H2,30,31,33,38). The van der Waals surface area contributed by atoms with Crippen LogP contribution in [0.5, 0.6) is 0 Å². The van der Waals surface area contributed by atoms with E-state index in [1.807, 2.05) is 0 Å². The molecule has 0 fully saturated rings. The Morgan fingerprint density at radius 1 is 1.00 bits per heavy atom. The third kappa shape index (κ3) is 8.08. The molecule has 0 bridgehead atoms. The van der Waals surface area contributed by atoms with Gasteiger partial charge in [-0.3, -0.25) is 10.3 Å². The minimum absolute atomic E-state index is 0.00959. The minimum Gasteiger partial charge on any atom is -0.480 e. The second-order valence-corrected chi connectivity index (χ2v) is 9.87. The zero-order valence-corrected chi connectivity index (χ0v) is 22.3. The number of pyridine rings is 1. The largest absolute Gasteiger partial charge is 0.480 e. The van der Waals surface area contributed by atoms with Gasteiger partial charge in [0.15, 0.2) is 0 Å². The lowest BCUT2D eigenvalue weighted by molar-refractivity contribution is -0.139. The maximum Gasteiger partial charge on any atom is 0.412 e. The lowest BCUT2D eigenvalue weighted by Gasteiger charge is -2.19. The predicted molar refractivity (Wildman–Crippen MR) is 147 cm³/mol. The Labute approximate surface area is 233 Å². The molecule has 0 aliphatic carbocycles. The molecular weight excluding hydrogens is 535 g/mol. The number of anilines is 2. The molecule has 2 aromatic carbocycles. The van der Waals surface area contributed by atoms with Gasteiger partial charge in [-0.2, -0.15) is 4.98 Å². The molecule has 0 aliphatic rings. The zero-order valence-electron chi connectivity index (χ0n) is 22.3. The average Bonchev–Trinajstić information content (AvgIpc) is 3.38. The van der Waals surface area contributed by atoms with Gasteiger partial charge in [-0.15, -0.1) is 0 Å². The smallest absolute Gasteiger partial charge is 0.412 e. The van der Waals surface area contributed by atoms with Crippen LogP contribution >= 0.6 is 0 Å². The van der Waals surface area contributed by atoms with E-state index >= 15 is 4.39 Å². The fraction of sp³-hybridized carbons (Fsp3) is 0.214. The quantitative estimate of drug-likeness (QED) is 0.228. The molecule has 0 radical (unpaired) electrons. The molecule has 0 saturated carbocycles. The first kappa shape index (κ1) is 28.7. The maximum atomic E-state index is 15.0. The van der Waals surface area contributed by atoms with Crippen molar-refractivity contribution in [3.05, 3.63) is 78.4 Å². The third-order valence-corrected chi connectivity index (χ3v) is 5.46. The SMILES string of the molecule is CC(C)(C)OC(=O)Nc1ccc(-c2nc(-c3ccc(CC(NC(=O)Nc4ccncc4)C(=O)O)cc3F)no2)cc1. The molecule has 4 rings (SSSR count). The molecule has 0 saturated heterocycles. The van der Waals surface area contributed by atoms with Crippen molar-refractivity contribution in [1.82, 2.24) is 20.4 Å². The number of carboxylic acid groups (broad SMARTS) is 1. The van der Waals surface area contributed by atoms with Crippen molar-refractivity contribution in [3.63, 3.8) is 0 Å². The highest BCUT2D eigenvalue weighted by atomic mass is 19.1. The Morgan fingerprint density at radius 2 is 1.68 bits per heavy atom. The Bertz CT molecular complexity index is 1540. The molecule has 212 valence electrons. The van der Waals surface area contributed by atoms with E-state index < -0.39 is 35.6 Å². The molecule has 2 aromatic heterocycles. The summed E-state index contributed by atoms with van der Waals surface area (Å²) in [7, 11) is 0. The number of amides is 3. The van der Waals surface area contributed by atoms with Crippen LogP contribution in [0.2, 0.25) is 0 Å². The number of ether oxygens (including phenoxy) is 1. The van der Waals surface area contributed by atoms with Crippen LogP contribution in [-0.2, 0) is 16.0 Å². The number of carbonyl (C=O) groups is 3. The molecule has 2 heterocycles. The number of hydrogen-bond acceptors (Lipinski definition) is 8. The van der Waals surface area contributed by atoms with Crippen LogP contribution in [0.3, 0.4) is 0 Å². The Kier molecular flexibility index (Phi) is 8.56. The van der Waals surface area contributed by atoms with Gasteiger partial charge >= 0.3 is 18.1 Å². The Hall–Kier alpha value is -5.33. The number of aromatic nitrogens is 3. The molecular formula is C28H27FN6O6. The fourth-order valence-electron chi connectivity index (χ4n) is 3.63. The van der Waals surface area contributed by atoms with Crippen molar-refractivity contribution < 1.29 is 33.1 Å². The van der Waals surface area contributed by atoms with E-state index in [1.165, 1.54) is 24.5 Å². The van der Waals surface area contributed by atoms with Gasteiger partial charge in [-0.1, -0.05) is 11.2 Å². The highest BCUT2D eigenvalue weighted by Gasteiger charge is 2.22. The summed E-state index contributed by atoms with van der Waals surface area (Å²) < 4.78 is 25.5. The third-order valence-electron chi connectivity index (χ3n) is 5.46. The number of carbonyl (C=O) groups excluding carboxylic acids is 2. The van der Waals surface area contributed by atoms with E-state index in [2.05, 4.69) is 31.1 Å². The number of hydrogen-bond donors (Lipinski definition) is 4. The second-order valence-electron chi connectivity index (χ2n) is 9.87. The summed E-state index contributed by atoms with van der Waals surface area (Å²) in [5, 5.41) is 20.9. The summed E-state index contributed by atoms with van der Waals surface area (Å²) in [6.45, 7) is 5.28. The average molecular weight is 563 g/mol. The number of aliphatic carboxylic acids is 1. The molecule has 0 aliphatic heterocycles. The van der Waals surface area contributed by atoms with Gasteiger partial charge in [0.05, 0.1) is 5.56 Å². The van der Waals surface area contributed by atoms with Gasteiger partial charge in [0.1, 0.15) is 17.5 Å². The molecule has 0 spiro atoms. The molecule has 1 atom stereocenters. The maximum absolute atomic E-state index is 15.0. The van der Waals surface area contributed by atoms with E-state index in [0.29, 0.717) is 22.5 Å². The van der Waals surface area contributed by atoms with Crippen LogP contribution < -0.4 is 16.0 Å². The van der Waals surface area contributed by atoms with Crippen LogP contribution in [0.4, 0.5) is 25.4 Å². The number of nitrogens with one attached hydrogen (secondary N) is 3. The summed E-state index contributed by atoms with van der Waals surface area (Å²) in [5.41, 5.74) is 1.21. The predicted octanol–water partition coefficient (Wildman–Crippen LogP) is 5.10. The molecule has 12 nitrogen and oxygen atoms in total. The van der Waals surface area contributed by atoms with Gasteiger partial charge in [-0.25, -0.2) is 18.8 Å². The van der Waals surface area contributed by atoms with Crippen molar-refractivity contribution in [1.29, 1.82) is 0 Å². The summed E-state index contributed by atoms with van der Waals surface area (Å²) in [6.07, 6.45) is 2.19. The van der Waals surface area contributed by atoms with Crippen molar-refractivity contribution in [2.45, 2.75) is 38.8 Å². The van der Waals surface area contributed by atoms with E-state index in [-0.39, 0.29) is 23.7 Å². The lowest BCUT2D eigenvalue weighted by atomic mass is 10.0. The van der Waals surface area contributed by atoms with E-state index in [4.69, 9.17) is 9.26 Å². The van der Waals surface area contributed by atoms with Crippen molar-refractivity contribution in [3.8, 4) is 22.8 Å². The topological polar surface area (TPSA) is 169 Å². The van der Waals surface area contributed by atoms with Crippen LogP contribution in [0.1, 0.15) is 26.3 Å². The highest BCUT2D eigenvalue weighted by molar-refractivity contribution is 5.92. The zero-order chi connectivity index (χ0) is 29.6. The summed E-state index contributed by atoms with van der Waals surface area (Å²) in [6, 6.07) is 11.7. The summed E-state index contributed by atoms with van der Waals surface area (Å²) in [5.74, 6) is -1.86. The number of carboxylic acids is 1. The van der Waals surface area contributed by atoms with Crippen LogP contribution in [-0.4, -0.2) is 50.0 Å². The number of urea groups is 1. The number of benzene rings is 2. The molecule has 1 unspecified atom stereocenters. The molecule has 3 amide bonds. The first-order valence-corrected chi connectivity index (χ1v) is 12.4. The van der Waals surface area contributed by atoms with Crippen molar-refractivity contribution >= 4 is 29.5 Å². The van der Waals surface area contributed by atoms with Gasteiger partial charge < -0.3 is 25.0 Å². The number of halogens is 1. The molecule has 4 aromatic rings. The number of nitrogens with zero attached hydrogens (tertiary/aromatic N) is 3. The van der Waals surface area contributed by atoms with Gasteiger partial charge in [0.25, 0.3) is 5.89 Å². The van der Waals surface area contributed by atoms with E-state index in [9.17, 15) is 19.5 Å². The monoisotopic (exact) mass is 562 g/mol. The van der Waals surface area contributed by atoms with Crippen LogP contribution in [0, 0.1) is 5.82 Å². The molecule has 4 N–H and O–H groups in total. The van der Waals surface area contributed by atoms with Gasteiger partial charge in [-0.05, 0) is 74.9 Å². The minimum atomic E-state index is -1.31. The molecule has 41 heavy (non-hydrogen) atoms. The second kappa shape index (κ2) is 12.2. The highest BCUT2D eigenvalue weighted by Crippen LogP contribution is 2.26. The number of rotatable bonds is 8. The van der Waals surface area contributed by atoms with Crippen molar-refractivity contribution in [2.24, 2.45) is 0 Å². The van der Waals surface area contributed by atoms with Crippen molar-refractivity contribution in [2.75, 3.05) is 10.6 Å². The Balaban J connectivity index is 1.40. The first-order chi connectivity index (χ1) is 19.5. The van der Waals surface area contributed by atoms with Gasteiger partial charge in [0, 0.05) is 35.8 Å². The van der Waals surface area contributed by atoms with Crippen LogP contribution in [0.15, 0.2) is 71.5 Å². The normalized spacial score (nSPS) is 11.8. The Morgan fingerprint density at radius 3 is 2.32 bits per heavy atom.